The first-order chi connectivity index (χ1) is 9.34. The molecule has 1 aromatic carbocycles. The minimum absolute atomic E-state index is 0.136. The molecule has 1 N–H and O–H groups in total. The third-order valence-corrected chi connectivity index (χ3v) is 3.93. The SMILES string of the molecule is CCCNC(CCCc1ccc(F)cc1C)C(C)(C)C. The van der Waals surface area contributed by atoms with Gasteiger partial charge in [0.2, 0.25) is 0 Å². The standard InChI is InChI=1S/C18H30FN/c1-6-12-20-17(18(3,4)5)9-7-8-15-10-11-16(19)13-14(15)2/h10-11,13,17,20H,6-9,12H2,1-5H3. The van der Waals surface area contributed by atoms with Crippen LogP contribution in [-0.4, -0.2) is 12.6 Å². The highest BCUT2D eigenvalue weighted by Crippen LogP contribution is 2.24. The summed E-state index contributed by atoms with van der Waals surface area (Å²) in [6, 6.07) is 5.67. The fraction of sp³-hybridized carbons (Fsp3) is 0.667. The van der Waals surface area contributed by atoms with Crippen molar-refractivity contribution in [2.75, 3.05) is 6.54 Å². The lowest BCUT2D eigenvalue weighted by atomic mass is 9.83. The molecule has 0 aliphatic heterocycles. The predicted molar refractivity (Wildman–Crippen MR) is 85.6 cm³/mol. The number of nitrogens with one attached hydrogen (secondary N) is 1. The Morgan fingerprint density at radius 3 is 2.50 bits per heavy atom. The highest BCUT2D eigenvalue weighted by atomic mass is 19.1. The van der Waals surface area contributed by atoms with Gasteiger partial charge in [0, 0.05) is 6.04 Å². The molecule has 0 fully saturated rings. The van der Waals surface area contributed by atoms with Crippen LogP contribution in [0.1, 0.15) is 58.1 Å². The molecule has 0 aliphatic rings. The summed E-state index contributed by atoms with van der Waals surface area (Å²) in [6.45, 7) is 12.2. The van der Waals surface area contributed by atoms with Gasteiger partial charge in [-0.25, -0.2) is 4.39 Å². The second-order valence-electron chi connectivity index (χ2n) is 6.84. The van der Waals surface area contributed by atoms with Crippen molar-refractivity contribution in [3.63, 3.8) is 0 Å². The van der Waals surface area contributed by atoms with Crippen LogP contribution in [0.2, 0.25) is 0 Å². The van der Waals surface area contributed by atoms with Crippen molar-refractivity contribution >= 4 is 0 Å². The first kappa shape index (κ1) is 17.2. The van der Waals surface area contributed by atoms with Crippen molar-refractivity contribution in [1.29, 1.82) is 0 Å². The summed E-state index contributed by atoms with van der Waals surface area (Å²) < 4.78 is 13.1. The third kappa shape index (κ3) is 5.62. The quantitative estimate of drug-likeness (QED) is 0.750. The van der Waals surface area contributed by atoms with Crippen LogP contribution >= 0.6 is 0 Å². The number of aryl methyl sites for hydroxylation is 2. The van der Waals surface area contributed by atoms with Gasteiger partial charge in [0.05, 0.1) is 0 Å². The van der Waals surface area contributed by atoms with Crippen molar-refractivity contribution in [2.24, 2.45) is 5.41 Å². The van der Waals surface area contributed by atoms with Crippen LogP contribution < -0.4 is 5.32 Å². The summed E-state index contributed by atoms with van der Waals surface area (Å²) in [6.07, 6.45) is 4.52. The Bertz CT molecular complexity index is 406. The Morgan fingerprint density at radius 1 is 1.25 bits per heavy atom. The third-order valence-electron chi connectivity index (χ3n) is 3.93. The zero-order valence-corrected chi connectivity index (χ0v) is 13.7. The van der Waals surface area contributed by atoms with E-state index in [1.807, 2.05) is 13.0 Å². The Morgan fingerprint density at radius 2 is 1.95 bits per heavy atom. The second kappa shape index (κ2) is 7.78. The van der Waals surface area contributed by atoms with Crippen LogP contribution in [0.4, 0.5) is 4.39 Å². The molecule has 0 heterocycles. The first-order valence-electron chi connectivity index (χ1n) is 7.83. The number of hydrogen-bond donors (Lipinski definition) is 1. The van der Waals surface area contributed by atoms with Crippen molar-refractivity contribution in [2.45, 2.75) is 66.3 Å². The highest BCUT2D eigenvalue weighted by molar-refractivity contribution is 5.26. The lowest BCUT2D eigenvalue weighted by Crippen LogP contribution is -2.40. The second-order valence-corrected chi connectivity index (χ2v) is 6.84. The normalized spacial score (nSPS) is 13.5. The van der Waals surface area contributed by atoms with E-state index in [2.05, 4.69) is 33.0 Å². The lowest BCUT2D eigenvalue weighted by Gasteiger charge is -2.32. The number of halogens is 1. The zero-order chi connectivity index (χ0) is 15.2. The molecule has 1 unspecified atom stereocenters. The molecule has 0 bridgehead atoms. The first-order valence-corrected chi connectivity index (χ1v) is 7.83. The van der Waals surface area contributed by atoms with E-state index in [4.69, 9.17) is 0 Å². The summed E-state index contributed by atoms with van der Waals surface area (Å²) >= 11 is 0. The average Bonchev–Trinajstić information content (AvgIpc) is 2.34. The molecule has 1 aromatic rings. The van der Waals surface area contributed by atoms with Crippen LogP contribution in [0, 0.1) is 18.2 Å². The van der Waals surface area contributed by atoms with Crippen molar-refractivity contribution in [3.05, 3.63) is 35.1 Å². The maximum atomic E-state index is 13.1. The molecule has 0 saturated carbocycles. The monoisotopic (exact) mass is 279 g/mol. The van der Waals surface area contributed by atoms with Crippen molar-refractivity contribution < 1.29 is 4.39 Å². The summed E-state index contributed by atoms with van der Waals surface area (Å²) in [5, 5.41) is 3.66. The Kier molecular flexibility index (Phi) is 6.67. The number of benzene rings is 1. The van der Waals surface area contributed by atoms with E-state index in [1.165, 1.54) is 18.4 Å². The molecule has 0 spiro atoms. The highest BCUT2D eigenvalue weighted by Gasteiger charge is 2.23. The van der Waals surface area contributed by atoms with E-state index >= 15 is 0 Å². The molecule has 114 valence electrons. The van der Waals surface area contributed by atoms with E-state index in [1.54, 1.807) is 12.1 Å². The van der Waals surface area contributed by atoms with E-state index in [-0.39, 0.29) is 11.2 Å². The van der Waals surface area contributed by atoms with Crippen LogP contribution in [0.25, 0.3) is 0 Å². The summed E-state index contributed by atoms with van der Waals surface area (Å²) in [5.41, 5.74) is 2.63. The number of rotatable bonds is 7. The largest absolute Gasteiger partial charge is 0.313 e. The minimum atomic E-state index is -0.136. The molecule has 0 aliphatic carbocycles. The Labute approximate surface area is 124 Å². The number of hydrogen-bond acceptors (Lipinski definition) is 1. The molecule has 0 saturated heterocycles. The molecule has 1 atom stereocenters. The molecule has 0 amide bonds. The van der Waals surface area contributed by atoms with E-state index in [9.17, 15) is 4.39 Å². The van der Waals surface area contributed by atoms with E-state index < -0.39 is 0 Å². The van der Waals surface area contributed by atoms with Gasteiger partial charge in [0.1, 0.15) is 5.82 Å². The van der Waals surface area contributed by atoms with Gasteiger partial charge in [-0.05, 0) is 67.8 Å². The molecular formula is C18H30FN. The lowest BCUT2D eigenvalue weighted by molar-refractivity contribution is 0.251. The van der Waals surface area contributed by atoms with Gasteiger partial charge in [0.15, 0.2) is 0 Å². The average molecular weight is 279 g/mol. The van der Waals surface area contributed by atoms with Crippen LogP contribution in [-0.2, 0) is 6.42 Å². The zero-order valence-electron chi connectivity index (χ0n) is 13.7. The molecule has 0 radical (unpaired) electrons. The van der Waals surface area contributed by atoms with Crippen LogP contribution in [0.5, 0.6) is 0 Å². The van der Waals surface area contributed by atoms with Gasteiger partial charge in [0.25, 0.3) is 0 Å². The summed E-state index contributed by atoms with van der Waals surface area (Å²) in [5.74, 6) is -0.136. The van der Waals surface area contributed by atoms with Crippen LogP contribution in [0.15, 0.2) is 18.2 Å². The molecule has 20 heavy (non-hydrogen) atoms. The van der Waals surface area contributed by atoms with Crippen molar-refractivity contribution in [3.8, 4) is 0 Å². The summed E-state index contributed by atoms with van der Waals surface area (Å²) in [4.78, 5) is 0. The summed E-state index contributed by atoms with van der Waals surface area (Å²) in [7, 11) is 0. The van der Waals surface area contributed by atoms with Gasteiger partial charge >= 0.3 is 0 Å². The fourth-order valence-electron chi connectivity index (χ4n) is 2.60. The van der Waals surface area contributed by atoms with Gasteiger partial charge in [-0.3, -0.25) is 0 Å². The molecule has 2 heteroatoms. The van der Waals surface area contributed by atoms with Crippen molar-refractivity contribution in [1.82, 2.24) is 5.32 Å². The van der Waals surface area contributed by atoms with E-state index in [0.29, 0.717) is 6.04 Å². The van der Waals surface area contributed by atoms with E-state index in [0.717, 1.165) is 24.9 Å². The van der Waals surface area contributed by atoms with Crippen LogP contribution in [0.3, 0.4) is 0 Å². The maximum absolute atomic E-state index is 13.1. The predicted octanol–water partition coefficient (Wildman–Crippen LogP) is 4.87. The Hall–Kier alpha value is -0.890. The molecular weight excluding hydrogens is 249 g/mol. The molecule has 0 aromatic heterocycles. The van der Waals surface area contributed by atoms with Gasteiger partial charge in [-0.2, -0.15) is 0 Å². The maximum Gasteiger partial charge on any atom is 0.123 e. The van der Waals surface area contributed by atoms with Gasteiger partial charge in [-0.15, -0.1) is 0 Å². The Balaban J connectivity index is 2.51. The van der Waals surface area contributed by atoms with Gasteiger partial charge < -0.3 is 5.32 Å². The smallest absolute Gasteiger partial charge is 0.123 e. The fourth-order valence-corrected chi connectivity index (χ4v) is 2.60. The minimum Gasteiger partial charge on any atom is -0.313 e. The topological polar surface area (TPSA) is 12.0 Å². The van der Waals surface area contributed by atoms with Gasteiger partial charge in [-0.1, -0.05) is 33.8 Å². The molecule has 1 nitrogen and oxygen atoms in total. The molecule has 1 rings (SSSR count).